The molecule has 0 spiro atoms. The summed E-state index contributed by atoms with van der Waals surface area (Å²) < 4.78 is 13.5. The average molecular weight is 221 g/mol. The van der Waals surface area contributed by atoms with Gasteiger partial charge in [0.05, 0.1) is 18.3 Å². The van der Waals surface area contributed by atoms with Crippen molar-refractivity contribution in [2.45, 2.75) is 6.92 Å². The quantitative estimate of drug-likeness (QED) is 0.863. The number of nitrogens with two attached hydrogens (primary N) is 1. The number of hydrogen-bond donors (Lipinski definition) is 1. The van der Waals surface area contributed by atoms with Crippen molar-refractivity contribution in [3.63, 3.8) is 0 Å². The van der Waals surface area contributed by atoms with Crippen molar-refractivity contribution in [3.05, 3.63) is 24.3 Å². The number of nitrogen functional groups attached to an aromatic ring is 1. The predicted molar refractivity (Wildman–Crippen MR) is 60.9 cm³/mol. The summed E-state index contributed by atoms with van der Waals surface area (Å²) in [6.07, 6.45) is 0. The summed E-state index contributed by atoms with van der Waals surface area (Å²) in [4.78, 5) is 0. The van der Waals surface area contributed by atoms with Crippen molar-refractivity contribution >= 4 is 17.5 Å². The SMILES string of the molecule is CCOc1cccc(-c2nsnc2N)c1. The first kappa shape index (κ1) is 9.92. The van der Waals surface area contributed by atoms with Gasteiger partial charge in [-0.2, -0.15) is 8.75 Å². The Morgan fingerprint density at radius 2 is 2.27 bits per heavy atom. The highest BCUT2D eigenvalue weighted by Gasteiger charge is 2.07. The van der Waals surface area contributed by atoms with Crippen LogP contribution in [-0.2, 0) is 0 Å². The molecule has 0 atom stereocenters. The zero-order valence-electron chi connectivity index (χ0n) is 8.30. The molecular formula is C10H11N3OS. The highest BCUT2D eigenvalue weighted by atomic mass is 32.1. The first-order chi connectivity index (χ1) is 7.31. The van der Waals surface area contributed by atoms with Crippen LogP contribution in [0.3, 0.4) is 0 Å². The second kappa shape index (κ2) is 4.27. The molecule has 5 heteroatoms. The first-order valence-electron chi connectivity index (χ1n) is 4.62. The highest BCUT2D eigenvalue weighted by Crippen LogP contribution is 2.26. The minimum absolute atomic E-state index is 0.466. The third-order valence-electron chi connectivity index (χ3n) is 1.93. The van der Waals surface area contributed by atoms with E-state index in [1.165, 1.54) is 0 Å². The van der Waals surface area contributed by atoms with Gasteiger partial charge < -0.3 is 10.5 Å². The zero-order chi connectivity index (χ0) is 10.7. The molecule has 2 N–H and O–H groups in total. The summed E-state index contributed by atoms with van der Waals surface area (Å²) in [5.41, 5.74) is 7.35. The number of hydrogen-bond acceptors (Lipinski definition) is 5. The molecule has 4 nitrogen and oxygen atoms in total. The highest BCUT2D eigenvalue weighted by molar-refractivity contribution is 6.99. The molecular weight excluding hydrogens is 210 g/mol. The van der Waals surface area contributed by atoms with Crippen molar-refractivity contribution in [2.24, 2.45) is 0 Å². The van der Waals surface area contributed by atoms with E-state index in [0.29, 0.717) is 12.4 Å². The lowest BCUT2D eigenvalue weighted by Crippen LogP contribution is -1.92. The third kappa shape index (κ3) is 2.07. The van der Waals surface area contributed by atoms with Crippen molar-refractivity contribution < 1.29 is 4.74 Å². The summed E-state index contributed by atoms with van der Waals surface area (Å²) in [5, 5.41) is 0. The minimum atomic E-state index is 0.466. The van der Waals surface area contributed by atoms with Gasteiger partial charge >= 0.3 is 0 Å². The fourth-order valence-corrected chi connectivity index (χ4v) is 1.79. The van der Waals surface area contributed by atoms with Crippen LogP contribution >= 0.6 is 11.7 Å². The van der Waals surface area contributed by atoms with Crippen LogP contribution in [0.5, 0.6) is 5.75 Å². The molecule has 15 heavy (non-hydrogen) atoms. The van der Waals surface area contributed by atoms with E-state index in [4.69, 9.17) is 10.5 Å². The summed E-state index contributed by atoms with van der Waals surface area (Å²) in [6.45, 7) is 2.60. The minimum Gasteiger partial charge on any atom is -0.494 e. The van der Waals surface area contributed by atoms with Gasteiger partial charge in [0.2, 0.25) is 0 Å². The Morgan fingerprint density at radius 1 is 1.40 bits per heavy atom. The van der Waals surface area contributed by atoms with Gasteiger partial charge in [0, 0.05) is 5.56 Å². The molecule has 1 heterocycles. The van der Waals surface area contributed by atoms with Crippen LogP contribution in [0.25, 0.3) is 11.3 Å². The lowest BCUT2D eigenvalue weighted by atomic mass is 10.1. The smallest absolute Gasteiger partial charge is 0.165 e. The number of anilines is 1. The molecule has 2 aromatic rings. The number of rotatable bonds is 3. The summed E-state index contributed by atoms with van der Waals surface area (Å²) in [7, 11) is 0. The van der Waals surface area contributed by atoms with E-state index in [0.717, 1.165) is 28.7 Å². The Morgan fingerprint density at radius 3 is 2.93 bits per heavy atom. The maximum Gasteiger partial charge on any atom is 0.165 e. The zero-order valence-corrected chi connectivity index (χ0v) is 9.12. The Kier molecular flexibility index (Phi) is 2.82. The van der Waals surface area contributed by atoms with E-state index in [2.05, 4.69) is 8.75 Å². The van der Waals surface area contributed by atoms with E-state index < -0.39 is 0 Å². The molecule has 0 unspecified atom stereocenters. The molecule has 0 aliphatic rings. The third-order valence-corrected chi connectivity index (χ3v) is 2.47. The molecule has 1 aromatic heterocycles. The van der Waals surface area contributed by atoms with Crippen molar-refractivity contribution in [1.82, 2.24) is 8.75 Å². The molecule has 0 bridgehead atoms. The molecule has 78 valence electrons. The van der Waals surface area contributed by atoms with Gasteiger partial charge in [-0.05, 0) is 19.1 Å². The van der Waals surface area contributed by atoms with Crippen molar-refractivity contribution in [3.8, 4) is 17.0 Å². The maximum absolute atomic E-state index is 5.69. The van der Waals surface area contributed by atoms with Gasteiger partial charge in [-0.1, -0.05) is 12.1 Å². The molecule has 0 aliphatic carbocycles. The monoisotopic (exact) mass is 221 g/mol. The Hall–Kier alpha value is -1.62. The second-order valence-corrected chi connectivity index (χ2v) is 3.49. The van der Waals surface area contributed by atoms with Gasteiger partial charge in [-0.25, -0.2) is 0 Å². The largest absolute Gasteiger partial charge is 0.494 e. The molecule has 2 rings (SSSR count). The lowest BCUT2D eigenvalue weighted by Gasteiger charge is -2.04. The molecule has 0 amide bonds. The van der Waals surface area contributed by atoms with Gasteiger partial charge in [-0.15, -0.1) is 0 Å². The Bertz CT molecular complexity index is 455. The fraction of sp³-hybridized carbons (Fsp3) is 0.200. The number of benzene rings is 1. The Labute approximate surface area is 92.0 Å². The van der Waals surface area contributed by atoms with Crippen LogP contribution in [0.4, 0.5) is 5.82 Å². The van der Waals surface area contributed by atoms with E-state index >= 15 is 0 Å². The fourth-order valence-electron chi connectivity index (χ4n) is 1.30. The molecule has 0 saturated heterocycles. The van der Waals surface area contributed by atoms with E-state index in [9.17, 15) is 0 Å². The van der Waals surface area contributed by atoms with Crippen LogP contribution in [0.15, 0.2) is 24.3 Å². The van der Waals surface area contributed by atoms with Gasteiger partial charge in [0.25, 0.3) is 0 Å². The maximum atomic E-state index is 5.69. The molecule has 1 aromatic carbocycles. The summed E-state index contributed by atoms with van der Waals surface area (Å²) in [5.74, 6) is 1.29. The molecule has 0 fully saturated rings. The van der Waals surface area contributed by atoms with E-state index in [1.54, 1.807) is 0 Å². The van der Waals surface area contributed by atoms with Gasteiger partial charge in [0.15, 0.2) is 5.82 Å². The van der Waals surface area contributed by atoms with Crippen molar-refractivity contribution in [1.29, 1.82) is 0 Å². The number of aromatic nitrogens is 2. The van der Waals surface area contributed by atoms with Crippen LogP contribution in [0.1, 0.15) is 6.92 Å². The molecule has 0 radical (unpaired) electrons. The second-order valence-electron chi connectivity index (χ2n) is 2.96. The van der Waals surface area contributed by atoms with Crippen LogP contribution < -0.4 is 10.5 Å². The van der Waals surface area contributed by atoms with Gasteiger partial charge in [0.1, 0.15) is 11.4 Å². The Balaban J connectivity index is 2.37. The van der Waals surface area contributed by atoms with Crippen LogP contribution in [0.2, 0.25) is 0 Å². The van der Waals surface area contributed by atoms with Gasteiger partial charge in [-0.3, -0.25) is 0 Å². The normalized spacial score (nSPS) is 10.2. The van der Waals surface area contributed by atoms with E-state index in [1.807, 2.05) is 31.2 Å². The summed E-state index contributed by atoms with van der Waals surface area (Å²) >= 11 is 1.11. The van der Waals surface area contributed by atoms with Crippen molar-refractivity contribution in [2.75, 3.05) is 12.3 Å². The number of ether oxygens (including phenoxy) is 1. The molecule has 0 saturated carbocycles. The summed E-state index contributed by atoms with van der Waals surface area (Å²) in [6, 6.07) is 7.67. The number of nitrogens with zero attached hydrogens (tertiary/aromatic N) is 2. The lowest BCUT2D eigenvalue weighted by molar-refractivity contribution is 0.340. The predicted octanol–water partition coefficient (Wildman–Crippen LogP) is 2.19. The van der Waals surface area contributed by atoms with Crippen LogP contribution in [0, 0.1) is 0 Å². The van der Waals surface area contributed by atoms with Crippen LogP contribution in [-0.4, -0.2) is 15.4 Å². The topological polar surface area (TPSA) is 61.0 Å². The first-order valence-corrected chi connectivity index (χ1v) is 5.35. The standard InChI is InChI=1S/C10H11N3OS/c1-2-14-8-5-3-4-7(6-8)9-10(11)13-15-12-9/h3-6H,2H2,1H3,(H2,11,13). The van der Waals surface area contributed by atoms with E-state index in [-0.39, 0.29) is 0 Å². The average Bonchev–Trinajstić information content (AvgIpc) is 2.65. The molecule has 0 aliphatic heterocycles.